The maximum absolute atomic E-state index is 11.8. The van der Waals surface area contributed by atoms with Crippen LogP contribution in [0.2, 0.25) is 0 Å². The van der Waals surface area contributed by atoms with Crippen molar-refractivity contribution in [2.75, 3.05) is 44.4 Å². The smallest absolute Gasteiger partial charge is 0.302 e. The second-order valence-corrected chi connectivity index (χ2v) is 8.35. The van der Waals surface area contributed by atoms with Gasteiger partial charge in [0.2, 0.25) is 11.8 Å². The van der Waals surface area contributed by atoms with Gasteiger partial charge in [0.05, 0.1) is 0 Å². The van der Waals surface area contributed by atoms with Crippen molar-refractivity contribution in [3.63, 3.8) is 0 Å². The van der Waals surface area contributed by atoms with Crippen molar-refractivity contribution in [2.24, 2.45) is 0 Å². The van der Waals surface area contributed by atoms with Gasteiger partial charge >= 0.3 is 5.97 Å². The van der Waals surface area contributed by atoms with Gasteiger partial charge in [-0.05, 0) is 43.6 Å². The number of nitrogens with one attached hydrogen (secondary N) is 1. The van der Waals surface area contributed by atoms with Crippen LogP contribution in [0.5, 0.6) is 5.88 Å². The number of ether oxygens (including phenoxy) is 2. The van der Waals surface area contributed by atoms with Crippen LogP contribution in [0.25, 0.3) is 0 Å². The standard InChI is InChI=1S/C22H33N3O4S/c1-19(26)28-14-16-30-15-8-21(27)23-9-3-6-13-29-22-17-20(7-10-24-22)18-25-11-4-2-5-12-25/h3,6-7,10,17H,2,4-5,8-9,11-16,18H2,1H3,(H,23,27)/b6-3-. The number of aromatic nitrogens is 1. The molecule has 1 amide bonds. The molecule has 0 aliphatic carbocycles. The summed E-state index contributed by atoms with van der Waals surface area (Å²) in [5.74, 6) is 1.78. The fraction of sp³-hybridized carbons (Fsp3) is 0.591. The summed E-state index contributed by atoms with van der Waals surface area (Å²) in [5, 5.41) is 2.84. The van der Waals surface area contributed by atoms with Crippen LogP contribution in [0.1, 0.15) is 38.2 Å². The first kappa shape index (κ1) is 24.2. The minimum atomic E-state index is -0.273. The second kappa shape index (κ2) is 14.8. The third-order valence-electron chi connectivity index (χ3n) is 4.57. The summed E-state index contributed by atoms with van der Waals surface area (Å²) in [6.07, 6.45) is 9.90. The highest BCUT2D eigenvalue weighted by Gasteiger charge is 2.10. The molecule has 1 fully saturated rings. The van der Waals surface area contributed by atoms with Crippen molar-refractivity contribution in [3.05, 3.63) is 36.0 Å². The Kier molecular flexibility index (Phi) is 12.0. The van der Waals surface area contributed by atoms with Crippen LogP contribution in [0.3, 0.4) is 0 Å². The lowest BCUT2D eigenvalue weighted by Crippen LogP contribution is -2.29. The van der Waals surface area contributed by atoms with Crippen LogP contribution in [0.15, 0.2) is 30.5 Å². The molecule has 7 nitrogen and oxygen atoms in total. The number of hydrogen-bond donors (Lipinski definition) is 1. The van der Waals surface area contributed by atoms with Crippen LogP contribution in [-0.4, -0.2) is 66.1 Å². The van der Waals surface area contributed by atoms with Gasteiger partial charge in [0.15, 0.2) is 0 Å². The lowest BCUT2D eigenvalue weighted by molar-refractivity contribution is -0.140. The van der Waals surface area contributed by atoms with Gasteiger partial charge in [0, 0.05) is 50.2 Å². The van der Waals surface area contributed by atoms with Crippen molar-refractivity contribution in [3.8, 4) is 5.88 Å². The third-order valence-corrected chi connectivity index (χ3v) is 5.52. The first-order valence-electron chi connectivity index (χ1n) is 10.6. The molecule has 2 rings (SSSR count). The van der Waals surface area contributed by atoms with E-state index in [1.165, 1.54) is 44.8 Å². The van der Waals surface area contributed by atoms with E-state index in [-0.39, 0.29) is 11.9 Å². The summed E-state index contributed by atoms with van der Waals surface area (Å²) >= 11 is 1.59. The summed E-state index contributed by atoms with van der Waals surface area (Å²) in [6, 6.07) is 4.05. The molecule has 30 heavy (non-hydrogen) atoms. The topological polar surface area (TPSA) is 80.8 Å². The maximum atomic E-state index is 11.8. The molecule has 2 heterocycles. The average Bonchev–Trinajstić information content (AvgIpc) is 2.74. The number of thioether (sulfide) groups is 1. The quantitative estimate of drug-likeness (QED) is 0.290. The van der Waals surface area contributed by atoms with Gasteiger partial charge in [0.1, 0.15) is 13.2 Å². The summed E-state index contributed by atoms with van der Waals surface area (Å²) in [5.41, 5.74) is 1.23. The molecule has 1 aliphatic heterocycles. The van der Waals surface area contributed by atoms with Crippen molar-refractivity contribution in [1.82, 2.24) is 15.2 Å². The van der Waals surface area contributed by atoms with Gasteiger partial charge in [-0.15, -0.1) is 0 Å². The molecular formula is C22H33N3O4S. The molecule has 1 aliphatic rings. The highest BCUT2D eigenvalue weighted by Crippen LogP contribution is 2.15. The molecule has 0 saturated carbocycles. The van der Waals surface area contributed by atoms with Crippen LogP contribution >= 0.6 is 11.8 Å². The van der Waals surface area contributed by atoms with Gasteiger partial charge in [0.25, 0.3) is 0 Å². The highest BCUT2D eigenvalue weighted by atomic mass is 32.2. The van der Waals surface area contributed by atoms with Crippen LogP contribution < -0.4 is 10.1 Å². The predicted octanol–water partition coefficient (Wildman–Crippen LogP) is 2.81. The Morgan fingerprint density at radius 3 is 2.87 bits per heavy atom. The average molecular weight is 436 g/mol. The lowest BCUT2D eigenvalue weighted by atomic mass is 10.1. The SMILES string of the molecule is CC(=O)OCCSCCC(=O)NC/C=C\COc1cc(CN2CCCCC2)ccn1. The van der Waals surface area contributed by atoms with E-state index < -0.39 is 0 Å². The van der Waals surface area contributed by atoms with E-state index in [1.54, 1.807) is 18.0 Å². The summed E-state index contributed by atoms with van der Waals surface area (Å²) < 4.78 is 10.5. The van der Waals surface area contributed by atoms with Crippen molar-refractivity contribution in [1.29, 1.82) is 0 Å². The van der Waals surface area contributed by atoms with E-state index in [1.807, 2.05) is 24.3 Å². The monoisotopic (exact) mass is 435 g/mol. The van der Waals surface area contributed by atoms with E-state index in [4.69, 9.17) is 9.47 Å². The molecule has 1 aromatic rings. The number of esters is 1. The number of likely N-dealkylation sites (tertiary alicyclic amines) is 1. The van der Waals surface area contributed by atoms with Gasteiger partial charge in [-0.2, -0.15) is 11.8 Å². The van der Waals surface area contributed by atoms with E-state index in [2.05, 4.69) is 15.2 Å². The normalized spacial score (nSPS) is 14.6. The molecule has 0 spiro atoms. The third kappa shape index (κ3) is 11.2. The minimum absolute atomic E-state index is 0.00707. The molecule has 0 aromatic carbocycles. The molecule has 0 unspecified atom stereocenters. The van der Waals surface area contributed by atoms with Gasteiger partial charge < -0.3 is 14.8 Å². The zero-order valence-corrected chi connectivity index (χ0v) is 18.6. The number of amides is 1. The molecule has 166 valence electrons. The zero-order valence-electron chi connectivity index (χ0n) is 17.8. The maximum Gasteiger partial charge on any atom is 0.302 e. The summed E-state index contributed by atoms with van der Waals surface area (Å²) in [7, 11) is 0. The predicted molar refractivity (Wildman–Crippen MR) is 120 cm³/mol. The van der Waals surface area contributed by atoms with Gasteiger partial charge in [-0.3, -0.25) is 14.5 Å². The summed E-state index contributed by atoms with van der Waals surface area (Å²) in [4.78, 5) is 29.1. The Hall–Kier alpha value is -2.06. The molecule has 0 bridgehead atoms. The first-order valence-corrected chi connectivity index (χ1v) is 11.7. The molecule has 1 aromatic heterocycles. The van der Waals surface area contributed by atoms with Gasteiger partial charge in [-0.25, -0.2) is 4.98 Å². The Labute approximate surface area is 183 Å². The van der Waals surface area contributed by atoms with Gasteiger partial charge in [-0.1, -0.05) is 12.5 Å². The lowest BCUT2D eigenvalue weighted by Gasteiger charge is -2.26. The molecule has 1 saturated heterocycles. The van der Waals surface area contributed by atoms with Crippen LogP contribution in [-0.2, 0) is 20.9 Å². The Morgan fingerprint density at radius 1 is 1.23 bits per heavy atom. The van der Waals surface area contributed by atoms with Crippen molar-refractivity contribution < 1.29 is 19.1 Å². The Morgan fingerprint density at radius 2 is 2.07 bits per heavy atom. The number of carbonyl (C=O) groups excluding carboxylic acids is 2. The zero-order chi connectivity index (χ0) is 21.4. The number of rotatable bonds is 13. The van der Waals surface area contributed by atoms with Crippen LogP contribution in [0, 0.1) is 0 Å². The van der Waals surface area contributed by atoms with E-state index in [0.717, 1.165) is 6.54 Å². The molecule has 8 heteroatoms. The largest absolute Gasteiger partial charge is 0.473 e. The minimum Gasteiger partial charge on any atom is -0.473 e. The van der Waals surface area contributed by atoms with E-state index in [9.17, 15) is 9.59 Å². The van der Waals surface area contributed by atoms with E-state index >= 15 is 0 Å². The molecular weight excluding hydrogens is 402 g/mol. The number of nitrogens with zero attached hydrogens (tertiary/aromatic N) is 2. The number of carbonyl (C=O) groups is 2. The summed E-state index contributed by atoms with van der Waals surface area (Å²) in [6.45, 7) is 5.95. The molecule has 0 radical (unpaired) electrons. The molecule has 1 N–H and O–H groups in total. The Balaban J connectivity index is 1.53. The fourth-order valence-electron chi connectivity index (χ4n) is 3.06. The number of pyridine rings is 1. The fourth-order valence-corrected chi connectivity index (χ4v) is 3.80. The molecule has 0 atom stereocenters. The second-order valence-electron chi connectivity index (χ2n) is 7.13. The van der Waals surface area contributed by atoms with E-state index in [0.29, 0.717) is 43.6 Å². The Bertz CT molecular complexity index is 678. The van der Waals surface area contributed by atoms with Crippen molar-refractivity contribution in [2.45, 2.75) is 39.2 Å². The highest BCUT2D eigenvalue weighted by molar-refractivity contribution is 7.99. The first-order chi connectivity index (χ1) is 14.6. The number of hydrogen-bond acceptors (Lipinski definition) is 7. The van der Waals surface area contributed by atoms with Crippen LogP contribution in [0.4, 0.5) is 0 Å². The number of piperidine rings is 1. The van der Waals surface area contributed by atoms with Crippen molar-refractivity contribution >= 4 is 23.6 Å².